The lowest BCUT2D eigenvalue weighted by Gasteiger charge is -2.16. The highest BCUT2D eigenvalue weighted by molar-refractivity contribution is 5.84. The molecule has 4 rings (SSSR count). The van der Waals surface area contributed by atoms with E-state index in [1.807, 2.05) is 38.1 Å². The molecule has 0 aliphatic heterocycles. The summed E-state index contributed by atoms with van der Waals surface area (Å²) in [4.78, 5) is 24.4. The van der Waals surface area contributed by atoms with Gasteiger partial charge in [0.25, 0.3) is 0 Å². The van der Waals surface area contributed by atoms with Gasteiger partial charge in [0.15, 0.2) is 0 Å². The molecule has 2 atom stereocenters. The zero-order valence-corrected chi connectivity index (χ0v) is 20.9. The quantitative estimate of drug-likeness (QED) is 0.241. The first-order valence-electron chi connectivity index (χ1n) is 12.5. The van der Waals surface area contributed by atoms with Crippen molar-refractivity contribution in [1.29, 1.82) is 0 Å². The minimum absolute atomic E-state index is 0.0516. The molecule has 0 unspecified atom stereocenters. The van der Waals surface area contributed by atoms with Crippen LogP contribution in [0.5, 0.6) is 0 Å². The first-order valence-corrected chi connectivity index (χ1v) is 12.5. The molecule has 4 aromatic carbocycles. The molecule has 6 heteroatoms. The van der Waals surface area contributed by atoms with E-state index in [4.69, 9.17) is 0 Å². The molecule has 0 aliphatic carbocycles. The largest absolute Gasteiger partial charge is 0.353 e. The van der Waals surface area contributed by atoms with Gasteiger partial charge in [-0.2, -0.15) is 0 Å². The molecule has 0 aliphatic rings. The maximum Gasteiger partial charge on any atom is 0.234 e. The van der Waals surface area contributed by atoms with Crippen molar-refractivity contribution in [1.82, 2.24) is 21.3 Å². The standard InChI is InChI=1S/C30H34N4O2/c1-21(25-13-11-23-7-3-5-9-27(23)17-25)33-19-29(35)31-15-16-32-30(36)20-34-22(2)26-14-12-24-8-4-6-10-28(24)18-26/h3-14,17-18,21-22,33-34H,15-16,19-20H2,1-2H3,(H,31,35)(H,32,36)/t21-,22+. The van der Waals surface area contributed by atoms with Crippen molar-refractivity contribution in [2.24, 2.45) is 0 Å². The number of nitrogens with one attached hydrogen (secondary N) is 4. The van der Waals surface area contributed by atoms with Crippen molar-refractivity contribution in [3.05, 3.63) is 96.1 Å². The Morgan fingerprint density at radius 2 is 0.972 bits per heavy atom. The molecule has 0 heterocycles. The topological polar surface area (TPSA) is 82.3 Å². The molecule has 4 N–H and O–H groups in total. The smallest absolute Gasteiger partial charge is 0.234 e. The van der Waals surface area contributed by atoms with Gasteiger partial charge < -0.3 is 21.3 Å². The van der Waals surface area contributed by atoms with Gasteiger partial charge in [0, 0.05) is 25.2 Å². The lowest BCUT2D eigenvalue weighted by atomic mass is 10.0. The summed E-state index contributed by atoms with van der Waals surface area (Å²) in [5, 5.41) is 17.0. The lowest BCUT2D eigenvalue weighted by Crippen LogP contribution is -2.41. The number of hydrogen-bond donors (Lipinski definition) is 4. The Morgan fingerprint density at radius 1 is 0.583 bits per heavy atom. The molecule has 4 aromatic rings. The molecule has 0 saturated carbocycles. The fraction of sp³-hybridized carbons (Fsp3) is 0.267. The number of carbonyl (C=O) groups is 2. The minimum Gasteiger partial charge on any atom is -0.353 e. The average molecular weight is 483 g/mol. The molecule has 0 bridgehead atoms. The third-order valence-electron chi connectivity index (χ3n) is 6.45. The van der Waals surface area contributed by atoms with Crippen molar-refractivity contribution in [3.63, 3.8) is 0 Å². The first kappa shape index (κ1) is 25.4. The highest BCUT2D eigenvalue weighted by atomic mass is 16.2. The number of amides is 2. The first-order chi connectivity index (χ1) is 17.5. The number of benzene rings is 4. The maximum atomic E-state index is 12.2. The SMILES string of the molecule is C[C@H](NCC(=O)NCCNC(=O)CN[C@H](C)c1ccc2ccccc2c1)c1ccc2ccccc2c1. The van der Waals surface area contributed by atoms with Crippen molar-refractivity contribution in [2.45, 2.75) is 25.9 Å². The second kappa shape index (κ2) is 12.3. The van der Waals surface area contributed by atoms with Crippen LogP contribution in [0.25, 0.3) is 21.5 Å². The third-order valence-corrected chi connectivity index (χ3v) is 6.45. The predicted octanol–water partition coefficient (Wildman–Crippen LogP) is 4.23. The fourth-order valence-electron chi connectivity index (χ4n) is 4.21. The number of rotatable bonds is 11. The molecule has 0 saturated heterocycles. The summed E-state index contributed by atoms with van der Waals surface area (Å²) in [6.45, 7) is 5.29. The van der Waals surface area contributed by atoms with Gasteiger partial charge in [-0.1, -0.05) is 72.8 Å². The fourth-order valence-corrected chi connectivity index (χ4v) is 4.21. The number of carbonyl (C=O) groups excluding carboxylic acids is 2. The van der Waals surface area contributed by atoms with E-state index < -0.39 is 0 Å². The van der Waals surface area contributed by atoms with E-state index in [1.54, 1.807) is 0 Å². The van der Waals surface area contributed by atoms with Crippen LogP contribution >= 0.6 is 0 Å². The highest BCUT2D eigenvalue weighted by Crippen LogP contribution is 2.21. The van der Waals surface area contributed by atoms with Gasteiger partial charge in [0.05, 0.1) is 13.1 Å². The van der Waals surface area contributed by atoms with E-state index >= 15 is 0 Å². The van der Waals surface area contributed by atoms with Crippen LogP contribution in [0.3, 0.4) is 0 Å². The summed E-state index contributed by atoms with van der Waals surface area (Å²) in [6.07, 6.45) is 0. The number of fused-ring (bicyclic) bond motifs is 2. The van der Waals surface area contributed by atoms with Gasteiger partial charge in [0.2, 0.25) is 11.8 Å². The summed E-state index contributed by atoms with van der Waals surface area (Å²) in [5.74, 6) is -0.195. The molecular weight excluding hydrogens is 448 g/mol. The van der Waals surface area contributed by atoms with E-state index in [0.29, 0.717) is 13.1 Å². The van der Waals surface area contributed by atoms with Crippen LogP contribution in [0.1, 0.15) is 37.1 Å². The molecule has 186 valence electrons. The second-order valence-corrected chi connectivity index (χ2v) is 9.12. The van der Waals surface area contributed by atoms with Crippen LogP contribution in [0.4, 0.5) is 0 Å². The van der Waals surface area contributed by atoms with Crippen LogP contribution in [0.2, 0.25) is 0 Å². The Hall–Kier alpha value is -3.74. The zero-order chi connectivity index (χ0) is 25.3. The van der Waals surface area contributed by atoms with Gasteiger partial charge in [-0.25, -0.2) is 0 Å². The maximum absolute atomic E-state index is 12.2. The van der Waals surface area contributed by atoms with Gasteiger partial charge in [-0.3, -0.25) is 9.59 Å². The van der Waals surface area contributed by atoms with Gasteiger partial charge in [0.1, 0.15) is 0 Å². The van der Waals surface area contributed by atoms with Crippen molar-refractivity contribution in [3.8, 4) is 0 Å². The molecule has 0 spiro atoms. The zero-order valence-electron chi connectivity index (χ0n) is 20.9. The van der Waals surface area contributed by atoms with Gasteiger partial charge >= 0.3 is 0 Å². The van der Waals surface area contributed by atoms with E-state index in [9.17, 15) is 9.59 Å². The second-order valence-electron chi connectivity index (χ2n) is 9.12. The highest BCUT2D eigenvalue weighted by Gasteiger charge is 2.10. The van der Waals surface area contributed by atoms with Crippen molar-refractivity contribution in [2.75, 3.05) is 26.2 Å². The molecule has 6 nitrogen and oxygen atoms in total. The monoisotopic (exact) mass is 482 g/mol. The van der Waals surface area contributed by atoms with Crippen LogP contribution in [-0.2, 0) is 9.59 Å². The summed E-state index contributed by atoms with van der Waals surface area (Å²) in [5.41, 5.74) is 2.28. The van der Waals surface area contributed by atoms with E-state index in [-0.39, 0.29) is 37.0 Å². The normalized spacial score (nSPS) is 12.8. The summed E-state index contributed by atoms with van der Waals surface area (Å²) in [7, 11) is 0. The Labute approximate surface area is 212 Å². The van der Waals surface area contributed by atoms with E-state index in [1.165, 1.54) is 21.5 Å². The van der Waals surface area contributed by atoms with Crippen LogP contribution < -0.4 is 21.3 Å². The van der Waals surface area contributed by atoms with Crippen LogP contribution in [0, 0.1) is 0 Å². The van der Waals surface area contributed by atoms with E-state index in [0.717, 1.165) is 11.1 Å². The molecule has 0 aromatic heterocycles. The molecule has 0 fully saturated rings. The number of hydrogen-bond acceptors (Lipinski definition) is 4. The molecule has 2 amide bonds. The lowest BCUT2D eigenvalue weighted by molar-refractivity contribution is -0.122. The van der Waals surface area contributed by atoms with Crippen LogP contribution in [-0.4, -0.2) is 38.0 Å². The van der Waals surface area contributed by atoms with Crippen molar-refractivity contribution >= 4 is 33.4 Å². The van der Waals surface area contributed by atoms with Crippen LogP contribution in [0.15, 0.2) is 84.9 Å². The summed E-state index contributed by atoms with van der Waals surface area (Å²) in [6, 6.07) is 29.2. The molecule has 36 heavy (non-hydrogen) atoms. The molecular formula is C30H34N4O2. The minimum atomic E-state index is -0.0973. The Morgan fingerprint density at radius 3 is 1.39 bits per heavy atom. The Bertz CT molecular complexity index is 1230. The third kappa shape index (κ3) is 6.90. The van der Waals surface area contributed by atoms with Gasteiger partial charge in [-0.05, 0) is 58.7 Å². The van der Waals surface area contributed by atoms with Crippen molar-refractivity contribution < 1.29 is 9.59 Å². The predicted molar refractivity (Wildman–Crippen MR) is 147 cm³/mol. The Kier molecular flexibility index (Phi) is 8.66. The van der Waals surface area contributed by atoms with Gasteiger partial charge in [-0.15, -0.1) is 0 Å². The Balaban J connectivity index is 1.11. The summed E-state index contributed by atoms with van der Waals surface area (Å²) >= 11 is 0. The van der Waals surface area contributed by atoms with E-state index in [2.05, 4.69) is 81.9 Å². The molecule has 0 radical (unpaired) electrons. The average Bonchev–Trinajstić information content (AvgIpc) is 2.92. The summed E-state index contributed by atoms with van der Waals surface area (Å²) < 4.78 is 0.